The predicted molar refractivity (Wildman–Crippen MR) is 119 cm³/mol. The van der Waals surface area contributed by atoms with Gasteiger partial charge in [-0.1, -0.05) is 0 Å². The topological polar surface area (TPSA) is 84.6 Å². The van der Waals surface area contributed by atoms with Gasteiger partial charge in [-0.3, -0.25) is 9.48 Å². The van der Waals surface area contributed by atoms with Crippen molar-refractivity contribution in [2.24, 2.45) is 0 Å². The number of likely N-dealkylation sites (N-methyl/N-ethyl adjacent to an activating group) is 1. The Hall–Kier alpha value is -2.81. The summed E-state index contributed by atoms with van der Waals surface area (Å²) < 4.78 is 9.30. The lowest BCUT2D eigenvalue weighted by atomic mass is 10.0. The lowest BCUT2D eigenvalue weighted by molar-refractivity contribution is 0.0187. The van der Waals surface area contributed by atoms with E-state index in [0.29, 0.717) is 24.5 Å². The van der Waals surface area contributed by atoms with E-state index in [2.05, 4.69) is 15.3 Å². The zero-order valence-corrected chi connectivity index (χ0v) is 19.2. The Kier molecular flexibility index (Phi) is 7.04. The summed E-state index contributed by atoms with van der Waals surface area (Å²) in [7, 11) is 4.02. The molecule has 0 bridgehead atoms. The van der Waals surface area contributed by atoms with Gasteiger partial charge in [0.05, 0.1) is 18.4 Å². The van der Waals surface area contributed by atoms with Crippen LogP contribution in [-0.2, 0) is 11.3 Å². The highest BCUT2D eigenvalue weighted by Gasteiger charge is 2.28. The Morgan fingerprint density at radius 1 is 1.26 bits per heavy atom. The monoisotopic (exact) mass is 430 g/mol. The van der Waals surface area contributed by atoms with Gasteiger partial charge in [0.1, 0.15) is 11.3 Å². The van der Waals surface area contributed by atoms with Crippen molar-refractivity contribution in [2.45, 2.75) is 51.8 Å². The number of amides is 2. The van der Waals surface area contributed by atoms with E-state index in [4.69, 9.17) is 4.74 Å². The Morgan fingerprint density at radius 2 is 1.97 bits per heavy atom. The van der Waals surface area contributed by atoms with Crippen LogP contribution in [0.25, 0.3) is 0 Å². The first-order valence-corrected chi connectivity index (χ1v) is 10.8. The van der Waals surface area contributed by atoms with E-state index in [1.165, 1.54) is 0 Å². The van der Waals surface area contributed by atoms with Gasteiger partial charge in [-0.25, -0.2) is 4.79 Å². The van der Waals surface area contributed by atoms with Crippen LogP contribution < -0.4 is 5.32 Å². The van der Waals surface area contributed by atoms with Gasteiger partial charge in [0.2, 0.25) is 0 Å². The average molecular weight is 431 g/mol. The fourth-order valence-corrected chi connectivity index (χ4v) is 3.61. The van der Waals surface area contributed by atoms with Gasteiger partial charge in [-0.05, 0) is 59.8 Å². The van der Waals surface area contributed by atoms with Crippen LogP contribution in [0, 0.1) is 0 Å². The molecule has 2 aromatic rings. The summed E-state index contributed by atoms with van der Waals surface area (Å²) in [5, 5.41) is 7.25. The normalized spacial score (nSPS) is 15.4. The molecule has 0 unspecified atom stereocenters. The summed E-state index contributed by atoms with van der Waals surface area (Å²) in [4.78, 5) is 29.0. The number of anilines is 1. The van der Waals surface area contributed by atoms with Crippen LogP contribution >= 0.6 is 0 Å². The molecule has 0 aromatic carbocycles. The number of nitrogens with one attached hydrogen (secondary N) is 1. The SMILES string of the molecule is CN(C)CCn1cc(NC(=O)c2cccn2C2CCN(C(=O)OC(C)(C)C)CC2)cn1. The molecular formula is C22H34N6O3. The molecule has 170 valence electrons. The van der Waals surface area contributed by atoms with E-state index in [9.17, 15) is 9.59 Å². The Balaban J connectivity index is 1.57. The molecule has 0 atom stereocenters. The van der Waals surface area contributed by atoms with Crippen LogP contribution in [0.5, 0.6) is 0 Å². The Morgan fingerprint density at radius 3 is 2.61 bits per heavy atom. The number of likely N-dealkylation sites (tertiary alicyclic amines) is 1. The second-order valence-corrected chi connectivity index (χ2v) is 9.25. The van der Waals surface area contributed by atoms with Crippen LogP contribution in [0.2, 0.25) is 0 Å². The van der Waals surface area contributed by atoms with E-state index >= 15 is 0 Å². The van der Waals surface area contributed by atoms with Gasteiger partial charge in [0, 0.05) is 38.1 Å². The third-order valence-corrected chi connectivity index (χ3v) is 5.19. The summed E-state index contributed by atoms with van der Waals surface area (Å²) in [5.74, 6) is -0.160. The summed E-state index contributed by atoms with van der Waals surface area (Å²) >= 11 is 0. The van der Waals surface area contributed by atoms with Crippen molar-refractivity contribution in [3.8, 4) is 0 Å². The fourth-order valence-electron chi connectivity index (χ4n) is 3.61. The molecule has 2 amide bonds. The lowest BCUT2D eigenvalue weighted by Gasteiger charge is -2.34. The predicted octanol–water partition coefficient (Wildman–Crippen LogP) is 3.07. The maximum atomic E-state index is 12.9. The quantitative estimate of drug-likeness (QED) is 0.761. The molecule has 31 heavy (non-hydrogen) atoms. The molecule has 1 fully saturated rings. The second kappa shape index (κ2) is 9.55. The highest BCUT2D eigenvalue weighted by Crippen LogP contribution is 2.26. The summed E-state index contributed by atoms with van der Waals surface area (Å²) in [6.07, 6.45) is 6.72. The Bertz CT molecular complexity index is 887. The molecule has 0 radical (unpaired) electrons. The molecule has 2 aromatic heterocycles. The summed E-state index contributed by atoms with van der Waals surface area (Å²) in [5.41, 5.74) is 0.785. The van der Waals surface area contributed by atoms with Crippen LogP contribution in [0.1, 0.15) is 50.1 Å². The van der Waals surface area contributed by atoms with E-state index in [0.717, 1.165) is 25.9 Å². The first kappa shape index (κ1) is 22.9. The molecule has 3 rings (SSSR count). The fraction of sp³-hybridized carbons (Fsp3) is 0.591. The molecule has 1 aliphatic heterocycles. The zero-order valence-electron chi connectivity index (χ0n) is 19.2. The van der Waals surface area contributed by atoms with Gasteiger partial charge in [0.15, 0.2) is 0 Å². The van der Waals surface area contributed by atoms with E-state index in [1.807, 2.05) is 68.6 Å². The molecule has 0 saturated carbocycles. The number of piperidine rings is 1. The molecule has 0 spiro atoms. The van der Waals surface area contributed by atoms with Crippen molar-refractivity contribution in [3.63, 3.8) is 0 Å². The third kappa shape index (κ3) is 6.33. The van der Waals surface area contributed by atoms with E-state index < -0.39 is 5.60 Å². The second-order valence-electron chi connectivity index (χ2n) is 9.25. The zero-order chi connectivity index (χ0) is 22.6. The summed E-state index contributed by atoms with van der Waals surface area (Å²) in [6, 6.07) is 3.87. The smallest absolute Gasteiger partial charge is 0.410 e. The van der Waals surface area contributed by atoms with Crippen LogP contribution in [0.3, 0.4) is 0 Å². The summed E-state index contributed by atoms with van der Waals surface area (Å²) in [6.45, 7) is 8.46. The van der Waals surface area contributed by atoms with Gasteiger partial charge >= 0.3 is 6.09 Å². The van der Waals surface area contributed by atoms with Crippen molar-refractivity contribution in [3.05, 3.63) is 36.4 Å². The van der Waals surface area contributed by atoms with Crippen LogP contribution in [0.4, 0.5) is 10.5 Å². The Labute approximate surface area is 183 Å². The number of rotatable bonds is 6. The number of hydrogen-bond acceptors (Lipinski definition) is 5. The number of carbonyl (C=O) groups is 2. The highest BCUT2D eigenvalue weighted by molar-refractivity contribution is 6.03. The van der Waals surface area contributed by atoms with Crippen LogP contribution in [0.15, 0.2) is 30.7 Å². The van der Waals surface area contributed by atoms with E-state index in [-0.39, 0.29) is 18.0 Å². The van der Waals surface area contributed by atoms with Crippen molar-refractivity contribution in [2.75, 3.05) is 39.0 Å². The number of hydrogen-bond donors (Lipinski definition) is 1. The molecule has 9 nitrogen and oxygen atoms in total. The van der Waals surface area contributed by atoms with Crippen molar-refractivity contribution < 1.29 is 14.3 Å². The molecule has 1 aliphatic rings. The minimum Gasteiger partial charge on any atom is -0.444 e. The number of aromatic nitrogens is 3. The van der Waals surface area contributed by atoms with Crippen LogP contribution in [-0.4, -0.2) is 75.5 Å². The number of ether oxygens (including phenoxy) is 1. The van der Waals surface area contributed by atoms with Gasteiger partial charge < -0.3 is 24.4 Å². The third-order valence-electron chi connectivity index (χ3n) is 5.19. The molecule has 9 heteroatoms. The number of nitrogens with zero attached hydrogens (tertiary/aromatic N) is 5. The molecule has 1 saturated heterocycles. The largest absolute Gasteiger partial charge is 0.444 e. The standard InChI is InChI=1S/C22H34N6O3/c1-22(2,3)31-21(30)26-11-8-18(9-12-26)28-10-6-7-19(28)20(29)24-17-15-23-27(16-17)14-13-25(4)5/h6-7,10,15-16,18H,8-9,11-14H2,1-5H3,(H,24,29). The molecule has 1 N–H and O–H groups in total. The van der Waals surface area contributed by atoms with Crippen molar-refractivity contribution in [1.29, 1.82) is 0 Å². The molecule has 0 aliphatic carbocycles. The maximum Gasteiger partial charge on any atom is 0.410 e. The maximum absolute atomic E-state index is 12.9. The molecular weight excluding hydrogens is 396 g/mol. The van der Waals surface area contributed by atoms with Gasteiger partial charge in [-0.15, -0.1) is 0 Å². The number of carbonyl (C=O) groups excluding carboxylic acids is 2. The van der Waals surface area contributed by atoms with Crippen molar-refractivity contribution in [1.82, 2.24) is 24.1 Å². The lowest BCUT2D eigenvalue weighted by Crippen LogP contribution is -2.42. The first-order valence-electron chi connectivity index (χ1n) is 10.8. The average Bonchev–Trinajstić information content (AvgIpc) is 3.34. The van der Waals surface area contributed by atoms with E-state index in [1.54, 1.807) is 11.1 Å². The van der Waals surface area contributed by atoms with Crippen molar-refractivity contribution >= 4 is 17.7 Å². The van der Waals surface area contributed by atoms with Gasteiger partial charge in [0.25, 0.3) is 5.91 Å². The van der Waals surface area contributed by atoms with Gasteiger partial charge in [-0.2, -0.15) is 5.10 Å². The minimum atomic E-state index is -0.500. The minimum absolute atomic E-state index is 0.160. The highest BCUT2D eigenvalue weighted by atomic mass is 16.6. The molecule has 3 heterocycles. The first-order chi connectivity index (χ1) is 14.6.